The molecule has 3 heterocycles. The summed E-state index contributed by atoms with van der Waals surface area (Å²) in [6.45, 7) is 11.3. The Hall–Kier alpha value is -3.95. The molecule has 43 heavy (non-hydrogen) atoms. The molecule has 2 fully saturated rings. The predicted molar refractivity (Wildman–Crippen MR) is 168 cm³/mol. The monoisotopic (exact) mass is 588 g/mol. The van der Waals surface area contributed by atoms with E-state index in [0.717, 1.165) is 67.4 Å². The molecule has 5 rings (SSSR count). The Bertz CT molecular complexity index is 1350. The fraction of sp³-hybridized carbons (Fsp3) is 0.545. The van der Waals surface area contributed by atoms with Crippen LogP contribution in [0.4, 0.5) is 5.69 Å². The van der Waals surface area contributed by atoms with Crippen molar-refractivity contribution in [3.8, 4) is 16.9 Å². The van der Waals surface area contributed by atoms with Crippen LogP contribution in [0.3, 0.4) is 0 Å². The molecule has 10 nitrogen and oxygen atoms in total. The number of ether oxygens (including phenoxy) is 1. The van der Waals surface area contributed by atoms with Gasteiger partial charge in [-0.15, -0.1) is 5.01 Å². The maximum atomic E-state index is 13.8. The van der Waals surface area contributed by atoms with Crippen LogP contribution in [0, 0.1) is 4.91 Å². The maximum Gasteiger partial charge on any atom is 0.266 e. The second-order valence-corrected chi connectivity index (χ2v) is 12.3. The number of aromatic nitrogens is 3. The fourth-order valence-electron chi connectivity index (χ4n) is 5.92. The number of carbonyl (C=O) groups excluding carboxylic acids is 1. The van der Waals surface area contributed by atoms with E-state index in [9.17, 15) is 9.70 Å². The van der Waals surface area contributed by atoms with Gasteiger partial charge >= 0.3 is 0 Å². The molecule has 1 amide bonds. The highest BCUT2D eigenvalue weighted by Crippen LogP contribution is 2.32. The molecular weight excluding hydrogens is 542 g/mol. The van der Waals surface area contributed by atoms with Crippen LogP contribution in [0.25, 0.3) is 11.1 Å². The van der Waals surface area contributed by atoms with Crippen LogP contribution in [0.1, 0.15) is 71.8 Å². The van der Waals surface area contributed by atoms with E-state index in [0.29, 0.717) is 38.0 Å². The Morgan fingerprint density at radius 1 is 1.07 bits per heavy atom. The molecule has 1 aromatic carbocycles. The third kappa shape index (κ3) is 7.53. The van der Waals surface area contributed by atoms with Gasteiger partial charge in [-0.2, -0.15) is 5.10 Å². The lowest BCUT2D eigenvalue weighted by Crippen LogP contribution is -2.50. The van der Waals surface area contributed by atoms with Gasteiger partial charge in [0.15, 0.2) is 5.60 Å². The van der Waals surface area contributed by atoms with Crippen LogP contribution >= 0.6 is 0 Å². The molecule has 0 spiro atoms. The zero-order valence-corrected chi connectivity index (χ0v) is 26.0. The van der Waals surface area contributed by atoms with E-state index in [2.05, 4.69) is 58.2 Å². The summed E-state index contributed by atoms with van der Waals surface area (Å²) in [5.41, 5.74) is 3.17. The highest BCUT2D eigenvalue weighted by molar-refractivity contribution is 5.84. The van der Waals surface area contributed by atoms with E-state index < -0.39 is 5.60 Å². The van der Waals surface area contributed by atoms with Gasteiger partial charge in [0.25, 0.3) is 11.9 Å². The molecule has 1 aliphatic carbocycles. The Kier molecular flexibility index (Phi) is 9.62. The molecule has 1 N–H and O–H groups in total. The second kappa shape index (κ2) is 13.6. The molecule has 1 saturated heterocycles. The number of aromatic amines is 1. The van der Waals surface area contributed by atoms with Crippen molar-refractivity contribution in [2.75, 3.05) is 31.1 Å². The van der Waals surface area contributed by atoms with Gasteiger partial charge in [-0.25, -0.2) is 0 Å². The van der Waals surface area contributed by atoms with E-state index in [1.807, 2.05) is 48.4 Å². The van der Waals surface area contributed by atoms with Crippen molar-refractivity contribution < 1.29 is 14.4 Å². The van der Waals surface area contributed by atoms with Crippen molar-refractivity contribution >= 4 is 11.6 Å². The molecule has 10 heteroatoms. The Labute approximate surface area is 255 Å². The average molecular weight is 589 g/mol. The number of hydrogen-bond donors (Lipinski definition) is 1. The number of nitroso groups, excluding NO2 is 1. The summed E-state index contributed by atoms with van der Waals surface area (Å²) in [5.74, 6) is 0.543. The molecule has 0 unspecified atom stereocenters. The zero-order chi connectivity index (χ0) is 30.4. The van der Waals surface area contributed by atoms with Gasteiger partial charge in [-0.1, -0.05) is 38.1 Å². The standard InChI is InChI=1S/C33H46N7O3/c1-5-15-37(16-6-2)32(41)33(3,4)43-31-18-30(21-34-22-31)38-17-7-8-29(24-38)40(42)39(28-13-14-28)23-25-9-11-26(12-10-25)27-19-35-36-20-27/h9-12,18-22,28-29H,5-8,13-17,23-24H2,1-4H3,(H,35,36)/q+1/t29-/m1/s1. The van der Waals surface area contributed by atoms with Gasteiger partial charge in [0.05, 0.1) is 41.8 Å². The number of nitrogens with zero attached hydrogens (tertiary/aromatic N) is 6. The first-order chi connectivity index (χ1) is 20.8. The van der Waals surface area contributed by atoms with Crippen molar-refractivity contribution in [3.05, 3.63) is 65.6 Å². The topological polar surface area (TPSA) is 97.7 Å². The van der Waals surface area contributed by atoms with Gasteiger partial charge < -0.3 is 14.5 Å². The van der Waals surface area contributed by atoms with E-state index >= 15 is 0 Å². The van der Waals surface area contributed by atoms with Crippen molar-refractivity contribution in [2.24, 2.45) is 0 Å². The first kappa shape index (κ1) is 30.5. The van der Waals surface area contributed by atoms with Crippen LogP contribution in [0.2, 0.25) is 0 Å². The number of hydrazine groups is 1. The number of pyridine rings is 1. The van der Waals surface area contributed by atoms with E-state index in [4.69, 9.17) is 4.74 Å². The Balaban J connectivity index is 1.24. The van der Waals surface area contributed by atoms with Crippen LogP contribution in [-0.2, 0) is 11.3 Å². The van der Waals surface area contributed by atoms with E-state index in [-0.39, 0.29) is 11.9 Å². The average Bonchev–Trinajstić information content (AvgIpc) is 3.71. The Morgan fingerprint density at radius 3 is 2.47 bits per heavy atom. The summed E-state index contributed by atoms with van der Waals surface area (Å²) in [6, 6.07) is 10.5. The summed E-state index contributed by atoms with van der Waals surface area (Å²) in [7, 11) is 0. The minimum Gasteiger partial charge on any atom is -0.476 e. The SMILES string of the molecule is CCCN(CCC)C(=O)C(C)(C)Oc1cncc(N2CCC[C@@H]([N+](=O)N(Cc3ccc(-c4cn[nH]c4)cc3)C3CC3)C2)c1. The van der Waals surface area contributed by atoms with Crippen molar-refractivity contribution in [2.45, 2.75) is 90.4 Å². The summed E-state index contributed by atoms with van der Waals surface area (Å²) < 4.78 is 6.25. The minimum absolute atomic E-state index is 0.0158. The molecule has 1 saturated carbocycles. The quantitative estimate of drug-likeness (QED) is 0.193. The zero-order valence-electron chi connectivity index (χ0n) is 26.0. The number of nitrogens with one attached hydrogen (secondary N) is 1. The van der Waals surface area contributed by atoms with Crippen LogP contribution in [0.5, 0.6) is 5.75 Å². The van der Waals surface area contributed by atoms with Crippen LogP contribution in [0.15, 0.2) is 55.1 Å². The van der Waals surface area contributed by atoms with Crippen LogP contribution in [-0.4, -0.2) is 79.7 Å². The van der Waals surface area contributed by atoms with Gasteiger partial charge in [-0.05, 0) is 57.1 Å². The predicted octanol–water partition coefficient (Wildman–Crippen LogP) is 5.61. The van der Waals surface area contributed by atoms with Gasteiger partial charge in [-0.3, -0.25) is 14.9 Å². The third-order valence-corrected chi connectivity index (χ3v) is 8.29. The van der Waals surface area contributed by atoms with Crippen molar-refractivity contribution in [1.29, 1.82) is 0 Å². The van der Waals surface area contributed by atoms with Crippen LogP contribution < -0.4 is 9.64 Å². The number of anilines is 1. The molecule has 2 aromatic heterocycles. The summed E-state index contributed by atoms with van der Waals surface area (Å²) >= 11 is 0. The molecule has 0 bridgehead atoms. The van der Waals surface area contributed by atoms with Gasteiger partial charge in [0, 0.05) is 43.9 Å². The first-order valence-corrected chi connectivity index (χ1v) is 15.8. The largest absolute Gasteiger partial charge is 0.476 e. The number of benzene rings is 1. The molecule has 230 valence electrons. The lowest BCUT2D eigenvalue weighted by molar-refractivity contribution is -0.740. The van der Waals surface area contributed by atoms with Crippen molar-refractivity contribution in [3.63, 3.8) is 0 Å². The lowest BCUT2D eigenvalue weighted by Gasteiger charge is -2.33. The lowest BCUT2D eigenvalue weighted by atomic mass is 10.1. The van der Waals surface area contributed by atoms with Crippen molar-refractivity contribution in [1.82, 2.24) is 25.1 Å². The fourth-order valence-corrected chi connectivity index (χ4v) is 5.92. The molecule has 3 aromatic rings. The molecule has 0 radical (unpaired) electrons. The highest BCUT2D eigenvalue weighted by Gasteiger charge is 2.44. The molecule has 1 aliphatic heterocycles. The summed E-state index contributed by atoms with van der Waals surface area (Å²) in [5, 5.41) is 8.92. The Morgan fingerprint density at radius 2 is 1.81 bits per heavy atom. The molecule has 1 atom stereocenters. The number of rotatable bonds is 14. The third-order valence-electron chi connectivity index (χ3n) is 8.29. The maximum absolute atomic E-state index is 13.8. The number of amides is 1. The number of carbonyl (C=O) groups is 1. The molecule has 2 aliphatic rings. The number of H-pyrrole nitrogens is 1. The summed E-state index contributed by atoms with van der Waals surface area (Å²) in [4.78, 5) is 36.9. The molecular formula is C33H46N7O3+. The number of hydrogen-bond acceptors (Lipinski definition) is 6. The van der Waals surface area contributed by atoms with E-state index in [1.54, 1.807) is 6.20 Å². The first-order valence-electron chi connectivity index (χ1n) is 15.8. The minimum atomic E-state index is -1.01. The van der Waals surface area contributed by atoms with E-state index in [1.165, 1.54) is 4.87 Å². The summed E-state index contributed by atoms with van der Waals surface area (Å²) in [6.07, 6.45) is 12.8. The number of piperidine rings is 1. The second-order valence-electron chi connectivity index (χ2n) is 12.3. The smallest absolute Gasteiger partial charge is 0.266 e. The van der Waals surface area contributed by atoms with Gasteiger partial charge in [0.2, 0.25) is 0 Å². The normalized spacial score (nSPS) is 17.0. The highest BCUT2D eigenvalue weighted by atomic mass is 16.5. The van der Waals surface area contributed by atoms with Gasteiger partial charge in [0.1, 0.15) is 17.2 Å².